The Hall–Kier alpha value is -0.370. The van der Waals surface area contributed by atoms with Gasteiger partial charge in [0, 0.05) is 12.8 Å². The highest BCUT2D eigenvalue weighted by atomic mass is 16.3. The first kappa shape index (κ1) is 18.6. The molecule has 0 rings (SSSR count). The van der Waals surface area contributed by atoms with Gasteiger partial charge in [-0.3, -0.25) is 4.79 Å². The van der Waals surface area contributed by atoms with E-state index < -0.39 is 5.60 Å². The Bertz CT molecular complexity index is 216. The normalized spacial score (nSPS) is 11.8. The Morgan fingerprint density at radius 3 is 1.79 bits per heavy atom. The molecule has 19 heavy (non-hydrogen) atoms. The molecule has 0 atom stereocenters. The Kier molecular flexibility index (Phi) is 11.2. The van der Waals surface area contributed by atoms with Crippen LogP contribution in [-0.4, -0.2) is 16.5 Å². The van der Waals surface area contributed by atoms with E-state index in [0.29, 0.717) is 25.0 Å². The summed E-state index contributed by atoms with van der Waals surface area (Å²) in [5.74, 6) is 0.310. The standard InChI is InChI=1S/C17H34O2/c1-4-5-6-7-8-9-10-11-12-13-16(18)14-15-17(2,3)19/h19H,4-15H2,1-3H3. The van der Waals surface area contributed by atoms with Gasteiger partial charge >= 0.3 is 0 Å². The fourth-order valence-corrected chi connectivity index (χ4v) is 2.20. The van der Waals surface area contributed by atoms with Crippen LogP contribution in [0.25, 0.3) is 0 Å². The maximum absolute atomic E-state index is 11.6. The second kappa shape index (κ2) is 11.5. The maximum Gasteiger partial charge on any atom is 0.133 e. The highest BCUT2D eigenvalue weighted by Crippen LogP contribution is 2.14. The van der Waals surface area contributed by atoms with Gasteiger partial charge in [0.1, 0.15) is 5.78 Å². The first-order chi connectivity index (χ1) is 8.95. The first-order valence-corrected chi connectivity index (χ1v) is 8.20. The number of ketones is 1. The SMILES string of the molecule is CCCCCCCCCCCC(=O)CCC(C)(C)O. The lowest BCUT2D eigenvalue weighted by molar-refractivity contribution is -0.120. The fraction of sp³-hybridized carbons (Fsp3) is 0.941. The zero-order valence-corrected chi connectivity index (χ0v) is 13.3. The largest absolute Gasteiger partial charge is 0.390 e. The highest BCUT2D eigenvalue weighted by molar-refractivity contribution is 5.78. The van der Waals surface area contributed by atoms with Gasteiger partial charge in [0.15, 0.2) is 0 Å². The van der Waals surface area contributed by atoms with Gasteiger partial charge in [-0.15, -0.1) is 0 Å². The third-order valence-electron chi connectivity index (χ3n) is 3.57. The van der Waals surface area contributed by atoms with Crippen LogP contribution in [-0.2, 0) is 4.79 Å². The predicted molar refractivity (Wildman–Crippen MR) is 82.4 cm³/mol. The Morgan fingerprint density at radius 1 is 0.842 bits per heavy atom. The van der Waals surface area contributed by atoms with E-state index in [1.54, 1.807) is 13.8 Å². The van der Waals surface area contributed by atoms with Gasteiger partial charge in [-0.1, -0.05) is 58.3 Å². The molecule has 0 fully saturated rings. The minimum Gasteiger partial charge on any atom is -0.390 e. The molecule has 0 aromatic heterocycles. The summed E-state index contributed by atoms with van der Waals surface area (Å²) in [4.78, 5) is 11.6. The van der Waals surface area contributed by atoms with E-state index in [1.165, 1.54) is 51.4 Å². The van der Waals surface area contributed by atoms with Crippen molar-refractivity contribution in [2.75, 3.05) is 0 Å². The Labute approximate surface area is 120 Å². The van der Waals surface area contributed by atoms with E-state index in [4.69, 9.17) is 0 Å². The number of unbranched alkanes of at least 4 members (excludes halogenated alkanes) is 8. The molecule has 0 aromatic carbocycles. The van der Waals surface area contributed by atoms with Gasteiger partial charge in [-0.05, 0) is 26.7 Å². The van der Waals surface area contributed by atoms with Crippen molar-refractivity contribution >= 4 is 5.78 Å². The summed E-state index contributed by atoms with van der Waals surface area (Å²) >= 11 is 0. The van der Waals surface area contributed by atoms with Crippen molar-refractivity contribution in [3.8, 4) is 0 Å². The molecule has 0 aliphatic carbocycles. The Balaban J connectivity index is 3.23. The number of Topliss-reactive ketones (excluding diaryl/α,β-unsaturated/α-hetero) is 1. The van der Waals surface area contributed by atoms with Gasteiger partial charge in [-0.25, -0.2) is 0 Å². The predicted octanol–water partition coefficient (Wildman–Crippen LogP) is 5.03. The van der Waals surface area contributed by atoms with Crippen LogP contribution in [0.2, 0.25) is 0 Å². The van der Waals surface area contributed by atoms with Crippen LogP contribution in [0.4, 0.5) is 0 Å². The second-order valence-electron chi connectivity index (χ2n) is 6.43. The van der Waals surface area contributed by atoms with E-state index in [-0.39, 0.29) is 0 Å². The molecule has 0 aliphatic heterocycles. The molecule has 114 valence electrons. The highest BCUT2D eigenvalue weighted by Gasteiger charge is 2.14. The lowest BCUT2D eigenvalue weighted by atomic mass is 9.98. The number of hydrogen-bond donors (Lipinski definition) is 1. The quantitative estimate of drug-likeness (QED) is 0.477. The molecule has 0 radical (unpaired) electrons. The lowest BCUT2D eigenvalue weighted by Crippen LogP contribution is -2.19. The molecule has 0 spiro atoms. The summed E-state index contributed by atoms with van der Waals surface area (Å²) in [7, 11) is 0. The molecule has 0 saturated heterocycles. The molecule has 0 bridgehead atoms. The molecule has 0 heterocycles. The van der Waals surface area contributed by atoms with Crippen molar-refractivity contribution in [2.24, 2.45) is 0 Å². The summed E-state index contributed by atoms with van der Waals surface area (Å²) in [5.41, 5.74) is -0.700. The summed E-state index contributed by atoms with van der Waals surface area (Å²) in [6.07, 6.45) is 13.4. The summed E-state index contributed by atoms with van der Waals surface area (Å²) < 4.78 is 0. The molecule has 2 heteroatoms. The van der Waals surface area contributed by atoms with Crippen molar-refractivity contribution < 1.29 is 9.90 Å². The molecule has 0 aromatic rings. The number of aliphatic hydroxyl groups is 1. The molecule has 0 amide bonds. The van der Waals surface area contributed by atoms with Crippen LogP contribution in [0.5, 0.6) is 0 Å². The molecule has 2 nitrogen and oxygen atoms in total. The lowest BCUT2D eigenvalue weighted by Gasteiger charge is -2.15. The molecule has 0 unspecified atom stereocenters. The van der Waals surface area contributed by atoms with Crippen molar-refractivity contribution in [2.45, 2.75) is 103 Å². The van der Waals surface area contributed by atoms with Gasteiger partial charge in [-0.2, -0.15) is 0 Å². The molecular weight excluding hydrogens is 236 g/mol. The number of carbonyl (C=O) groups excluding carboxylic acids is 1. The van der Waals surface area contributed by atoms with Crippen molar-refractivity contribution in [1.82, 2.24) is 0 Å². The van der Waals surface area contributed by atoms with Crippen LogP contribution < -0.4 is 0 Å². The van der Waals surface area contributed by atoms with E-state index in [1.807, 2.05) is 0 Å². The average Bonchev–Trinajstić information content (AvgIpc) is 2.33. The van der Waals surface area contributed by atoms with Gasteiger partial charge in [0.2, 0.25) is 0 Å². The minimum absolute atomic E-state index is 0.310. The van der Waals surface area contributed by atoms with Gasteiger partial charge < -0.3 is 5.11 Å². The first-order valence-electron chi connectivity index (χ1n) is 8.20. The molecule has 1 N–H and O–H groups in total. The van der Waals surface area contributed by atoms with Crippen molar-refractivity contribution in [3.05, 3.63) is 0 Å². The zero-order chi connectivity index (χ0) is 14.6. The third kappa shape index (κ3) is 15.6. The molecule has 0 saturated carbocycles. The fourth-order valence-electron chi connectivity index (χ4n) is 2.20. The van der Waals surface area contributed by atoms with Crippen LogP contribution in [0.3, 0.4) is 0 Å². The van der Waals surface area contributed by atoms with Crippen LogP contribution in [0.1, 0.15) is 97.8 Å². The summed E-state index contributed by atoms with van der Waals surface area (Å²) in [5, 5.41) is 9.54. The second-order valence-corrected chi connectivity index (χ2v) is 6.43. The minimum atomic E-state index is -0.700. The number of rotatable bonds is 13. The number of hydrogen-bond acceptors (Lipinski definition) is 2. The Morgan fingerprint density at radius 2 is 1.32 bits per heavy atom. The van der Waals surface area contributed by atoms with Crippen LogP contribution in [0.15, 0.2) is 0 Å². The van der Waals surface area contributed by atoms with E-state index >= 15 is 0 Å². The van der Waals surface area contributed by atoms with Crippen molar-refractivity contribution in [3.63, 3.8) is 0 Å². The van der Waals surface area contributed by atoms with E-state index in [2.05, 4.69) is 6.92 Å². The van der Waals surface area contributed by atoms with E-state index in [9.17, 15) is 9.90 Å². The third-order valence-corrected chi connectivity index (χ3v) is 3.57. The van der Waals surface area contributed by atoms with E-state index in [0.717, 1.165) is 6.42 Å². The van der Waals surface area contributed by atoms with Crippen LogP contribution in [0, 0.1) is 0 Å². The summed E-state index contributed by atoms with van der Waals surface area (Å²) in [6.45, 7) is 5.77. The smallest absolute Gasteiger partial charge is 0.133 e. The van der Waals surface area contributed by atoms with Gasteiger partial charge in [0.05, 0.1) is 5.60 Å². The zero-order valence-electron chi connectivity index (χ0n) is 13.3. The summed E-state index contributed by atoms with van der Waals surface area (Å²) in [6, 6.07) is 0. The molecular formula is C17H34O2. The maximum atomic E-state index is 11.6. The van der Waals surface area contributed by atoms with Crippen molar-refractivity contribution in [1.29, 1.82) is 0 Å². The topological polar surface area (TPSA) is 37.3 Å². The van der Waals surface area contributed by atoms with Crippen LogP contribution >= 0.6 is 0 Å². The average molecular weight is 270 g/mol. The molecule has 0 aliphatic rings. The monoisotopic (exact) mass is 270 g/mol. The number of carbonyl (C=O) groups is 1. The van der Waals surface area contributed by atoms with Gasteiger partial charge in [0.25, 0.3) is 0 Å².